The molecule has 0 aliphatic rings. The van der Waals surface area contributed by atoms with E-state index in [2.05, 4.69) is 62.4 Å². The Morgan fingerprint density at radius 1 is 0.778 bits per heavy atom. The zero-order valence-corrected chi connectivity index (χ0v) is 11.2. The Bertz CT molecular complexity index is 469. The van der Waals surface area contributed by atoms with Gasteiger partial charge in [0.1, 0.15) is 0 Å². The van der Waals surface area contributed by atoms with Crippen molar-refractivity contribution < 1.29 is 0 Å². The Morgan fingerprint density at radius 3 is 1.56 bits per heavy atom. The Hall–Kier alpha value is -1.60. The second kappa shape index (κ2) is 5.83. The molecule has 2 rings (SSSR count). The standard InChI is InChI=1S/C17H21N/c1-3-13-9-5-7-11-15(13)17(18)16-12-8-6-10-14(16)4-2/h5-12,17H,3-4,18H2,1-2H3. The summed E-state index contributed by atoms with van der Waals surface area (Å²) < 4.78 is 0. The normalized spacial score (nSPS) is 10.9. The van der Waals surface area contributed by atoms with E-state index in [4.69, 9.17) is 5.73 Å². The van der Waals surface area contributed by atoms with Crippen molar-refractivity contribution in [3.05, 3.63) is 70.8 Å². The van der Waals surface area contributed by atoms with Crippen molar-refractivity contribution in [3.63, 3.8) is 0 Å². The van der Waals surface area contributed by atoms with E-state index in [-0.39, 0.29) is 6.04 Å². The fourth-order valence-electron chi connectivity index (χ4n) is 2.49. The molecule has 18 heavy (non-hydrogen) atoms. The molecule has 0 amide bonds. The van der Waals surface area contributed by atoms with E-state index < -0.39 is 0 Å². The lowest BCUT2D eigenvalue weighted by Gasteiger charge is -2.19. The van der Waals surface area contributed by atoms with Crippen molar-refractivity contribution in [3.8, 4) is 0 Å². The minimum Gasteiger partial charge on any atom is -0.320 e. The summed E-state index contributed by atoms with van der Waals surface area (Å²) in [6.07, 6.45) is 2.05. The summed E-state index contributed by atoms with van der Waals surface area (Å²) in [6, 6.07) is 16.9. The van der Waals surface area contributed by atoms with Gasteiger partial charge in [-0.1, -0.05) is 62.4 Å². The predicted molar refractivity (Wildman–Crippen MR) is 77.7 cm³/mol. The summed E-state index contributed by atoms with van der Waals surface area (Å²) in [5, 5.41) is 0. The van der Waals surface area contributed by atoms with Gasteiger partial charge in [-0.2, -0.15) is 0 Å². The number of rotatable bonds is 4. The lowest BCUT2D eigenvalue weighted by atomic mass is 9.90. The summed E-state index contributed by atoms with van der Waals surface area (Å²) in [6.45, 7) is 4.36. The Kier molecular flexibility index (Phi) is 4.16. The quantitative estimate of drug-likeness (QED) is 0.861. The molecule has 1 nitrogen and oxygen atoms in total. The van der Waals surface area contributed by atoms with Gasteiger partial charge in [-0.15, -0.1) is 0 Å². The van der Waals surface area contributed by atoms with Crippen molar-refractivity contribution in [2.45, 2.75) is 32.7 Å². The maximum absolute atomic E-state index is 6.47. The van der Waals surface area contributed by atoms with Gasteiger partial charge in [-0.05, 0) is 35.1 Å². The number of nitrogens with two attached hydrogens (primary N) is 1. The predicted octanol–water partition coefficient (Wildman–Crippen LogP) is 3.86. The third-order valence-corrected chi connectivity index (χ3v) is 3.54. The highest BCUT2D eigenvalue weighted by molar-refractivity contribution is 5.40. The molecule has 0 radical (unpaired) electrons. The molecule has 0 saturated carbocycles. The van der Waals surface area contributed by atoms with Gasteiger partial charge in [0.25, 0.3) is 0 Å². The summed E-state index contributed by atoms with van der Waals surface area (Å²) in [7, 11) is 0. The first-order valence-corrected chi connectivity index (χ1v) is 6.69. The molecule has 1 heteroatoms. The molecule has 0 saturated heterocycles. The zero-order valence-electron chi connectivity index (χ0n) is 11.2. The minimum absolute atomic E-state index is 0.0164. The van der Waals surface area contributed by atoms with Crippen LogP contribution in [0.2, 0.25) is 0 Å². The average Bonchev–Trinajstić information content (AvgIpc) is 2.46. The molecular formula is C17H21N. The molecule has 94 valence electrons. The van der Waals surface area contributed by atoms with Gasteiger partial charge >= 0.3 is 0 Å². The van der Waals surface area contributed by atoms with Gasteiger partial charge in [0.2, 0.25) is 0 Å². The fourth-order valence-corrected chi connectivity index (χ4v) is 2.49. The van der Waals surface area contributed by atoms with Crippen LogP contribution in [0.4, 0.5) is 0 Å². The summed E-state index contributed by atoms with van der Waals surface area (Å²) >= 11 is 0. The first kappa shape index (κ1) is 12.8. The molecule has 0 aliphatic heterocycles. The van der Waals surface area contributed by atoms with E-state index in [1.807, 2.05) is 0 Å². The molecular weight excluding hydrogens is 218 g/mol. The second-order valence-electron chi connectivity index (χ2n) is 4.58. The Morgan fingerprint density at radius 2 is 1.17 bits per heavy atom. The molecule has 0 aliphatic carbocycles. The molecule has 0 fully saturated rings. The molecule has 0 bridgehead atoms. The third kappa shape index (κ3) is 2.46. The van der Waals surface area contributed by atoms with Crippen LogP contribution < -0.4 is 5.73 Å². The first-order valence-electron chi connectivity index (χ1n) is 6.69. The lowest BCUT2D eigenvalue weighted by Crippen LogP contribution is -2.15. The first-order chi connectivity index (χ1) is 8.77. The molecule has 0 aromatic heterocycles. The summed E-state index contributed by atoms with van der Waals surface area (Å²) in [5.41, 5.74) is 11.7. The Balaban J connectivity index is 2.44. The molecule has 2 aromatic carbocycles. The summed E-state index contributed by atoms with van der Waals surface area (Å²) in [4.78, 5) is 0. The van der Waals surface area contributed by atoms with E-state index in [0.717, 1.165) is 12.8 Å². The van der Waals surface area contributed by atoms with Gasteiger partial charge in [-0.3, -0.25) is 0 Å². The molecule has 0 unspecified atom stereocenters. The van der Waals surface area contributed by atoms with E-state index in [1.165, 1.54) is 22.3 Å². The van der Waals surface area contributed by atoms with Gasteiger partial charge in [0, 0.05) is 0 Å². The van der Waals surface area contributed by atoms with Gasteiger partial charge in [0.05, 0.1) is 6.04 Å². The smallest absolute Gasteiger partial charge is 0.0557 e. The van der Waals surface area contributed by atoms with Crippen molar-refractivity contribution in [2.75, 3.05) is 0 Å². The van der Waals surface area contributed by atoms with E-state index >= 15 is 0 Å². The lowest BCUT2D eigenvalue weighted by molar-refractivity contribution is 0.831. The average molecular weight is 239 g/mol. The molecule has 2 N–H and O–H groups in total. The van der Waals surface area contributed by atoms with E-state index in [1.54, 1.807) is 0 Å². The van der Waals surface area contributed by atoms with Crippen LogP contribution in [0.5, 0.6) is 0 Å². The summed E-state index contributed by atoms with van der Waals surface area (Å²) in [5.74, 6) is 0. The van der Waals surface area contributed by atoms with Crippen LogP contribution in [0.15, 0.2) is 48.5 Å². The fraction of sp³-hybridized carbons (Fsp3) is 0.294. The zero-order chi connectivity index (χ0) is 13.0. The van der Waals surface area contributed by atoms with Crippen LogP contribution in [0, 0.1) is 0 Å². The largest absolute Gasteiger partial charge is 0.320 e. The number of benzene rings is 2. The number of hydrogen-bond acceptors (Lipinski definition) is 1. The van der Waals surface area contributed by atoms with Gasteiger partial charge in [0.15, 0.2) is 0 Å². The van der Waals surface area contributed by atoms with Crippen molar-refractivity contribution in [1.29, 1.82) is 0 Å². The van der Waals surface area contributed by atoms with Crippen molar-refractivity contribution in [1.82, 2.24) is 0 Å². The van der Waals surface area contributed by atoms with Crippen molar-refractivity contribution in [2.24, 2.45) is 5.73 Å². The highest BCUT2D eigenvalue weighted by Crippen LogP contribution is 2.26. The van der Waals surface area contributed by atoms with E-state index in [9.17, 15) is 0 Å². The van der Waals surface area contributed by atoms with E-state index in [0.29, 0.717) is 0 Å². The van der Waals surface area contributed by atoms with Crippen LogP contribution in [-0.2, 0) is 12.8 Å². The second-order valence-corrected chi connectivity index (χ2v) is 4.58. The van der Waals surface area contributed by atoms with Gasteiger partial charge < -0.3 is 5.73 Å². The topological polar surface area (TPSA) is 26.0 Å². The van der Waals surface area contributed by atoms with Crippen LogP contribution in [0.3, 0.4) is 0 Å². The molecule has 2 aromatic rings. The molecule has 0 spiro atoms. The van der Waals surface area contributed by atoms with Gasteiger partial charge in [-0.25, -0.2) is 0 Å². The highest BCUT2D eigenvalue weighted by Gasteiger charge is 2.14. The minimum atomic E-state index is -0.0164. The SMILES string of the molecule is CCc1ccccc1C(N)c1ccccc1CC. The maximum Gasteiger partial charge on any atom is 0.0557 e. The molecule has 0 heterocycles. The van der Waals surface area contributed by atoms with Crippen molar-refractivity contribution >= 4 is 0 Å². The highest BCUT2D eigenvalue weighted by atomic mass is 14.6. The molecule has 0 atom stereocenters. The monoisotopic (exact) mass is 239 g/mol. The van der Waals surface area contributed by atoms with Crippen LogP contribution in [-0.4, -0.2) is 0 Å². The third-order valence-electron chi connectivity index (χ3n) is 3.54. The van der Waals surface area contributed by atoms with Crippen LogP contribution in [0.25, 0.3) is 0 Å². The van der Waals surface area contributed by atoms with Crippen LogP contribution in [0.1, 0.15) is 42.1 Å². The van der Waals surface area contributed by atoms with Crippen LogP contribution >= 0.6 is 0 Å². The Labute approximate surface area is 110 Å². The number of aryl methyl sites for hydroxylation is 2. The maximum atomic E-state index is 6.47. The number of hydrogen-bond donors (Lipinski definition) is 1.